The van der Waals surface area contributed by atoms with Crippen LogP contribution in [0, 0.1) is 0 Å². The zero-order valence-electron chi connectivity index (χ0n) is 9.66. The van der Waals surface area contributed by atoms with Crippen LogP contribution in [-0.2, 0) is 0 Å². The Hall–Kier alpha value is -1.71. The third-order valence-electron chi connectivity index (χ3n) is 2.46. The highest BCUT2D eigenvalue weighted by atomic mass is 16.5. The Balaban J connectivity index is 2.26. The molecule has 0 saturated carbocycles. The smallest absolute Gasteiger partial charge is 0.153 e. The number of rotatable bonds is 2. The first kappa shape index (κ1) is 10.8. The summed E-state index contributed by atoms with van der Waals surface area (Å²) in [7, 11) is 0. The van der Waals surface area contributed by atoms with Gasteiger partial charge in [-0.05, 0) is 31.5 Å². The van der Waals surface area contributed by atoms with Crippen molar-refractivity contribution in [3.05, 3.63) is 18.2 Å². The molecule has 1 aromatic rings. The summed E-state index contributed by atoms with van der Waals surface area (Å²) < 4.78 is 5.75. The molecule has 0 amide bonds. The molecule has 16 heavy (non-hydrogen) atoms. The molecule has 1 aliphatic heterocycles. The summed E-state index contributed by atoms with van der Waals surface area (Å²) in [5, 5.41) is 3.27. The molecule has 4 nitrogen and oxygen atoms in total. The van der Waals surface area contributed by atoms with Crippen LogP contribution in [-0.4, -0.2) is 18.5 Å². The summed E-state index contributed by atoms with van der Waals surface area (Å²) in [6, 6.07) is 5.58. The summed E-state index contributed by atoms with van der Waals surface area (Å²) in [6.07, 6.45) is 1.00. The van der Waals surface area contributed by atoms with Gasteiger partial charge in [0.1, 0.15) is 11.6 Å². The third kappa shape index (κ3) is 2.10. The monoisotopic (exact) mass is 219 g/mol. The van der Waals surface area contributed by atoms with Crippen LogP contribution in [0.3, 0.4) is 0 Å². The van der Waals surface area contributed by atoms with Crippen molar-refractivity contribution in [3.63, 3.8) is 0 Å². The van der Waals surface area contributed by atoms with E-state index in [9.17, 15) is 0 Å². The van der Waals surface area contributed by atoms with Crippen LogP contribution < -0.4 is 15.8 Å². The highest BCUT2D eigenvalue weighted by Crippen LogP contribution is 2.31. The van der Waals surface area contributed by atoms with Gasteiger partial charge >= 0.3 is 0 Å². The standard InChI is InChI=1S/C12H17N3O/c1-3-6-14-12-8(2)16-11-5-4-9(13)7-10(11)15-12/h4-5,7-8H,3,6,13H2,1-2H3,(H,14,15). The largest absolute Gasteiger partial charge is 0.481 e. The molecule has 0 aromatic heterocycles. The number of hydrogen-bond donors (Lipinski definition) is 2. The first-order valence-electron chi connectivity index (χ1n) is 5.58. The molecule has 86 valence electrons. The Bertz CT molecular complexity index is 415. The number of amidine groups is 1. The van der Waals surface area contributed by atoms with Crippen molar-refractivity contribution in [1.82, 2.24) is 0 Å². The summed E-state index contributed by atoms with van der Waals surface area (Å²) in [4.78, 5) is 4.45. The molecule has 3 N–H and O–H groups in total. The van der Waals surface area contributed by atoms with Crippen molar-refractivity contribution in [3.8, 4) is 5.75 Å². The van der Waals surface area contributed by atoms with Crippen LogP contribution in [0.1, 0.15) is 20.3 Å². The van der Waals surface area contributed by atoms with E-state index >= 15 is 0 Å². The maximum Gasteiger partial charge on any atom is 0.153 e. The summed E-state index contributed by atoms with van der Waals surface area (Å²) >= 11 is 0. The van der Waals surface area contributed by atoms with Crippen molar-refractivity contribution in [1.29, 1.82) is 0 Å². The molecule has 0 spiro atoms. The van der Waals surface area contributed by atoms with Gasteiger partial charge in [0.2, 0.25) is 0 Å². The van der Waals surface area contributed by atoms with Crippen molar-refractivity contribution in [2.75, 3.05) is 17.6 Å². The second-order valence-electron chi connectivity index (χ2n) is 3.91. The predicted octanol–water partition coefficient (Wildman–Crippen LogP) is 2.27. The van der Waals surface area contributed by atoms with Crippen LogP contribution >= 0.6 is 0 Å². The molecule has 1 atom stereocenters. The molecule has 0 bridgehead atoms. The normalized spacial score (nSPS) is 21.1. The number of nitrogens with one attached hydrogen (secondary N) is 1. The molecular formula is C12H17N3O. The summed E-state index contributed by atoms with van der Waals surface area (Å²) in [5.41, 5.74) is 7.34. The Morgan fingerprint density at radius 3 is 3.06 bits per heavy atom. The van der Waals surface area contributed by atoms with Gasteiger partial charge in [-0.3, -0.25) is 4.99 Å². The topological polar surface area (TPSA) is 59.6 Å². The SMILES string of the molecule is CCCN=C1Nc2cc(N)ccc2OC1C. The lowest BCUT2D eigenvalue weighted by atomic mass is 10.2. The number of hydrogen-bond acceptors (Lipinski definition) is 3. The quantitative estimate of drug-likeness (QED) is 0.750. The molecule has 1 unspecified atom stereocenters. The first-order chi connectivity index (χ1) is 7.70. The number of fused-ring (bicyclic) bond motifs is 1. The fourth-order valence-electron chi connectivity index (χ4n) is 1.63. The van der Waals surface area contributed by atoms with Crippen molar-refractivity contribution >= 4 is 17.2 Å². The van der Waals surface area contributed by atoms with E-state index in [0.717, 1.165) is 35.9 Å². The highest BCUT2D eigenvalue weighted by molar-refractivity contribution is 6.02. The van der Waals surface area contributed by atoms with Gasteiger partial charge in [0.05, 0.1) is 5.69 Å². The van der Waals surface area contributed by atoms with Gasteiger partial charge in [0.25, 0.3) is 0 Å². The first-order valence-corrected chi connectivity index (χ1v) is 5.58. The van der Waals surface area contributed by atoms with Gasteiger partial charge in [0, 0.05) is 12.2 Å². The second-order valence-corrected chi connectivity index (χ2v) is 3.91. The summed E-state index contributed by atoms with van der Waals surface area (Å²) in [5.74, 6) is 1.71. The average molecular weight is 219 g/mol. The zero-order valence-corrected chi connectivity index (χ0v) is 9.66. The Kier molecular flexibility index (Phi) is 2.99. The van der Waals surface area contributed by atoms with E-state index in [0.29, 0.717) is 0 Å². The van der Waals surface area contributed by atoms with Gasteiger partial charge in [-0.1, -0.05) is 6.92 Å². The fourth-order valence-corrected chi connectivity index (χ4v) is 1.63. The van der Waals surface area contributed by atoms with Crippen molar-refractivity contribution in [2.24, 2.45) is 4.99 Å². The fraction of sp³-hybridized carbons (Fsp3) is 0.417. The lowest BCUT2D eigenvalue weighted by molar-refractivity contribution is 0.282. The van der Waals surface area contributed by atoms with E-state index in [1.807, 2.05) is 25.1 Å². The predicted molar refractivity (Wildman–Crippen MR) is 67.2 cm³/mol. The van der Waals surface area contributed by atoms with E-state index in [1.54, 1.807) is 0 Å². The molecule has 0 radical (unpaired) electrons. The molecule has 2 rings (SSSR count). The van der Waals surface area contributed by atoms with E-state index < -0.39 is 0 Å². The number of benzene rings is 1. The van der Waals surface area contributed by atoms with E-state index in [2.05, 4.69) is 17.2 Å². The Labute approximate surface area is 95.5 Å². The van der Waals surface area contributed by atoms with Gasteiger partial charge in [0.15, 0.2) is 6.10 Å². The maximum absolute atomic E-state index is 5.75. The minimum absolute atomic E-state index is 0.0253. The molecule has 0 fully saturated rings. The van der Waals surface area contributed by atoms with Crippen molar-refractivity contribution in [2.45, 2.75) is 26.4 Å². The number of ether oxygens (including phenoxy) is 1. The molecule has 0 saturated heterocycles. The van der Waals surface area contributed by atoms with Crippen LogP contribution in [0.4, 0.5) is 11.4 Å². The molecule has 4 heteroatoms. The van der Waals surface area contributed by atoms with E-state index in [4.69, 9.17) is 10.5 Å². The number of aliphatic imine (C=N–C) groups is 1. The molecule has 0 aliphatic carbocycles. The van der Waals surface area contributed by atoms with Gasteiger partial charge in [-0.25, -0.2) is 0 Å². The minimum Gasteiger partial charge on any atom is -0.481 e. The number of anilines is 2. The third-order valence-corrected chi connectivity index (χ3v) is 2.46. The lowest BCUT2D eigenvalue weighted by Crippen LogP contribution is -2.35. The number of nitrogen functional groups attached to an aromatic ring is 1. The summed E-state index contributed by atoms with van der Waals surface area (Å²) in [6.45, 7) is 4.90. The lowest BCUT2D eigenvalue weighted by Gasteiger charge is -2.26. The Morgan fingerprint density at radius 1 is 1.50 bits per heavy atom. The van der Waals surface area contributed by atoms with Crippen molar-refractivity contribution < 1.29 is 4.74 Å². The average Bonchev–Trinajstić information content (AvgIpc) is 2.27. The van der Waals surface area contributed by atoms with Crippen LogP contribution in [0.2, 0.25) is 0 Å². The van der Waals surface area contributed by atoms with Crippen LogP contribution in [0.5, 0.6) is 5.75 Å². The van der Waals surface area contributed by atoms with Gasteiger partial charge in [-0.15, -0.1) is 0 Å². The van der Waals surface area contributed by atoms with E-state index in [-0.39, 0.29) is 6.10 Å². The maximum atomic E-state index is 5.75. The molecule has 1 aliphatic rings. The van der Waals surface area contributed by atoms with Gasteiger partial charge in [-0.2, -0.15) is 0 Å². The minimum atomic E-state index is -0.0253. The molecule has 1 aromatic carbocycles. The van der Waals surface area contributed by atoms with E-state index in [1.165, 1.54) is 0 Å². The Morgan fingerprint density at radius 2 is 2.31 bits per heavy atom. The highest BCUT2D eigenvalue weighted by Gasteiger charge is 2.21. The second kappa shape index (κ2) is 4.43. The molecular weight excluding hydrogens is 202 g/mol. The number of nitrogens with zero attached hydrogens (tertiary/aromatic N) is 1. The van der Waals surface area contributed by atoms with Crippen LogP contribution in [0.25, 0.3) is 0 Å². The number of nitrogens with two attached hydrogens (primary N) is 1. The van der Waals surface area contributed by atoms with Crippen LogP contribution in [0.15, 0.2) is 23.2 Å². The molecule has 1 heterocycles. The van der Waals surface area contributed by atoms with Gasteiger partial charge < -0.3 is 15.8 Å². The zero-order chi connectivity index (χ0) is 11.5.